The normalized spacial score (nSPS) is 16.0. The van der Waals surface area contributed by atoms with E-state index in [9.17, 15) is 9.59 Å². The number of likely N-dealkylation sites (N-methyl/N-ethyl adjacent to an activating group) is 1. The minimum absolute atomic E-state index is 0.0411. The Hall–Kier alpha value is -2.67. The summed E-state index contributed by atoms with van der Waals surface area (Å²) >= 11 is 1.32. The lowest BCUT2D eigenvalue weighted by atomic mass is 10.2. The van der Waals surface area contributed by atoms with E-state index >= 15 is 0 Å². The van der Waals surface area contributed by atoms with Gasteiger partial charge in [-0.15, -0.1) is 11.8 Å². The molecule has 0 fully saturated rings. The van der Waals surface area contributed by atoms with E-state index in [0.29, 0.717) is 18.9 Å². The lowest BCUT2D eigenvalue weighted by molar-refractivity contribution is -0.130. The molecule has 3 rings (SSSR count). The van der Waals surface area contributed by atoms with Gasteiger partial charge in [0, 0.05) is 12.7 Å². The summed E-state index contributed by atoms with van der Waals surface area (Å²) in [6, 6.07) is 15.1. The van der Waals surface area contributed by atoms with Gasteiger partial charge >= 0.3 is 0 Å². The number of thioether (sulfide) groups is 1. The van der Waals surface area contributed by atoms with Gasteiger partial charge in [-0.2, -0.15) is 0 Å². The van der Waals surface area contributed by atoms with Crippen molar-refractivity contribution in [2.75, 3.05) is 31.3 Å². The van der Waals surface area contributed by atoms with E-state index < -0.39 is 0 Å². The Kier molecular flexibility index (Phi) is 7.04. The van der Waals surface area contributed by atoms with Crippen LogP contribution in [0.2, 0.25) is 0 Å². The number of amides is 2. The van der Waals surface area contributed by atoms with Crippen LogP contribution in [0.5, 0.6) is 11.5 Å². The maximum absolute atomic E-state index is 12.6. The fourth-order valence-electron chi connectivity index (χ4n) is 2.96. The Labute approximate surface area is 175 Å². The van der Waals surface area contributed by atoms with Crippen LogP contribution in [0.15, 0.2) is 48.5 Å². The summed E-state index contributed by atoms with van der Waals surface area (Å²) in [4.78, 5) is 26.4. The number of aryl methyl sites for hydroxylation is 1. The van der Waals surface area contributed by atoms with Crippen LogP contribution in [0, 0.1) is 6.92 Å². The van der Waals surface area contributed by atoms with Crippen molar-refractivity contribution < 1.29 is 19.1 Å². The first-order chi connectivity index (χ1) is 13.9. The van der Waals surface area contributed by atoms with Crippen molar-refractivity contribution in [2.24, 2.45) is 0 Å². The Morgan fingerprint density at radius 3 is 2.59 bits per heavy atom. The first-order valence-electron chi connectivity index (χ1n) is 9.54. The topological polar surface area (TPSA) is 67.9 Å². The predicted octanol–water partition coefficient (Wildman–Crippen LogP) is 3.35. The molecule has 2 aromatic carbocycles. The van der Waals surface area contributed by atoms with E-state index in [-0.39, 0.29) is 28.9 Å². The smallest absolute Gasteiger partial charge is 0.235 e. The monoisotopic (exact) mass is 414 g/mol. The van der Waals surface area contributed by atoms with Gasteiger partial charge in [0.2, 0.25) is 11.8 Å². The number of hydrogen-bond donors (Lipinski definition) is 1. The van der Waals surface area contributed by atoms with Gasteiger partial charge in [-0.1, -0.05) is 29.8 Å². The van der Waals surface area contributed by atoms with Gasteiger partial charge in [-0.25, -0.2) is 0 Å². The third-order valence-corrected chi connectivity index (χ3v) is 5.70. The summed E-state index contributed by atoms with van der Waals surface area (Å²) in [5, 5.41) is 2.51. The number of nitrogens with zero attached hydrogens (tertiary/aromatic N) is 1. The maximum Gasteiger partial charge on any atom is 0.235 e. The number of ether oxygens (including phenoxy) is 2. The number of carbonyl (C=O) groups excluding carboxylic acids is 2. The highest BCUT2D eigenvalue weighted by atomic mass is 32.2. The zero-order valence-electron chi connectivity index (χ0n) is 16.9. The second-order valence-corrected chi connectivity index (χ2v) is 8.41. The van der Waals surface area contributed by atoms with Crippen LogP contribution in [0.25, 0.3) is 0 Å². The SMILES string of the molecule is Cc1ccc(NC(=O)CS[C@H](C)C(=O)N(C)C[C@@H]2COc3ccccc3O2)cc1. The van der Waals surface area contributed by atoms with Crippen molar-refractivity contribution in [1.82, 2.24) is 4.90 Å². The molecular weight excluding hydrogens is 388 g/mol. The Balaban J connectivity index is 1.43. The summed E-state index contributed by atoms with van der Waals surface area (Å²) in [6.07, 6.45) is -0.221. The third-order valence-electron chi connectivity index (χ3n) is 4.57. The molecule has 0 saturated heterocycles. The third kappa shape index (κ3) is 5.90. The molecule has 154 valence electrons. The number of benzene rings is 2. The predicted molar refractivity (Wildman–Crippen MR) is 116 cm³/mol. The molecule has 2 atom stereocenters. The molecule has 2 aromatic rings. The fourth-order valence-corrected chi connectivity index (χ4v) is 3.76. The van der Waals surface area contributed by atoms with Crippen molar-refractivity contribution in [3.05, 3.63) is 54.1 Å². The van der Waals surface area contributed by atoms with Gasteiger partial charge in [-0.05, 0) is 38.1 Å². The highest BCUT2D eigenvalue weighted by Crippen LogP contribution is 2.31. The molecule has 7 heteroatoms. The fraction of sp³-hybridized carbons (Fsp3) is 0.364. The van der Waals surface area contributed by atoms with Gasteiger partial charge in [0.15, 0.2) is 17.6 Å². The van der Waals surface area contributed by atoms with Crippen molar-refractivity contribution in [2.45, 2.75) is 25.2 Å². The molecule has 1 N–H and O–H groups in total. The maximum atomic E-state index is 12.6. The minimum Gasteiger partial charge on any atom is -0.486 e. The summed E-state index contributed by atoms with van der Waals surface area (Å²) < 4.78 is 11.6. The van der Waals surface area contributed by atoms with Gasteiger partial charge in [0.05, 0.1) is 17.5 Å². The number of nitrogens with one attached hydrogen (secondary N) is 1. The van der Waals surface area contributed by atoms with E-state index in [2.05, 4.69) is 5.32 Å². The zero-order valence-corrected chi connectivity index (χ0v) is 17.7. The molecule has 2 amide bonds. The zero-order chi connectivity index (χ0) is 20.8. The summed E-state index contributed by atoms with van der Waals surface area (Å²) in [5.74, 6) is 1.47. The molecule has 6 nitrogen and oxygen atoms in total. The summed E-state index contributed by atoms with van der Waals surface area (Å²) in [6.45, 7) is 4.63. The van der Waals surface area contributed by atoms with Gasteiger partial charge < -0.3 is 19.7 Å². The first kappa shape index (κ1) is 21.0. The largest absolute Gasteiger partial charge is 0.486 e. The molecule has 0 unspecified atom stereocenters. The average molecular weight is 415 g/mol. The van der Waals surface area contributed by atoms with E-state index in [1.807, 2.05) is 62.4 Å². The molecule has 0 spiro atoms. The number of carbonyl (C=O) groups is 2. The van der Waals surface area contributed by atoms with Crippen molar-refractivity contribution >= 4 is 29.3 Å². The highest BCUT2D eigenvalue weighted by molar-refractivity contribution is 8.01. The van der Waals surface area contributed by atoms with Crippen LogP contribution in [-0.2, 0) is 9.59 Å². The van der Waals surface area contributed by atoms with E-state index in [0.717, 1.165) is 17.0 Å². The van der Waals surface area contributed by atoms with Crippen molar-refractivity contribution in [3.8, 4) is 11.5 Å². The molecule has 0 radical (unpaired) electrons. The van der Waals surface area contributed by atoms with E-state index in [4.69, 9.17) is 9.47 Å². The van der Waals surface area contributed by atoms with Crippen LogP contribution in [0.3, 0.4) is 0 Å². The number of anilines is 1. The second kappa shape index (κ2) is 9.69. The van der Waals surface area contributed by atoms with Crippen LogP contribution < -0.4 is 14.8 Å². The quantitative estimate of drug-likeness (QED) is 0.753. The van der Waals surface area contributed by atoms with Gasteiger partial charge in [-0.3, -0.25) is 9.59 Å². The Morgan fingerprint density at radius 1 is 1.17 bits per heavy atom. The summed E-state index contributed by atoms with van der Waals surface area (Å²) in [5.41, 5.74) is 1.89. The molecule has 1 aliphatic rings. The molecule has 1 heterocycles. The van der Waals surface area contributed by atoms with Gasteiger partial charge in [0.1, 0.15) is 6.61 Å². The Bertz CT molecular complexity index is 856. The van der Waals surface area contributed by atoms with Crippen LogP contribution in [0.1, 0.15) is 12.5 Å². The van der Waals surface area contributed by atoms with E-state index in [1.54, 1.807) is 11.9 Å². The van der Waals surface area contributed by atoms with Crippen LogP contribution in [-0.4, -0.2) is 54.0 Å². The average Bonchev–Trinajstić information content (AvgIpc) is 2.73. The first-order valence-corrected chi connectivity index (χ1v) is 10.6. The highest BCUT2D eigenvalue weighted by Gasteiger charge is 2.26. The Morgan fingerprint density at radius 2 is 1.86 bits per heavy atom. The lowest BCUT2D eigenvalue weighted by Gasteiger charge is -2.30. The van der Waals surface area contributed by atoms with Crippen LogP contribution in [0.4, 0.5) is 5.69 Å². The second-order valence-electron chi connectivity index (χ2n) is 7.08. The number of fused-ring (bicyclic) bond motifs is 1. The lowest BCUT2D eigenvalue weighted by Crippen LogP contribution is -2.44. The standard InChI is InChI=1S/C22H26N2O4S/c1-15-8-10-17(11-9-15)23-21(25)14-29-16(2)22(26)24(3)12-18-13-27-19-6-4-5-7-20(19)28-18/h4-11,16,18H,12-14H2,1-3H3,(H,23,25)/t16-,18-/m1/s1. The number of hydrogen-bond acceptors (Lipinski definition) is 5. The van der Waals surface area contributed by atoms with Crippen molar-refractivity contribution in [1.29, 1.82) is 0 Å². The van der Waals surface area contributed by atoms with E-state index in [1.165, 1.54) is 11.8 Å². The molecule has 29 heavy (non-hydrogen) atoms. The van der Waals surface area contributed by atoms with Crippen LogP contribution >= 0.6 is 11.8 Å². The summed E-state index contributed by atoms with van der Waals surface area (Å²) in [7, 11) is 1.75. The molecule has 0 aliphatic carbocycles. The number of para-hydroxylation sites is 2. The molecular formula is C22H26N2O4S. The minimum atomic E-state index is -0.333. The molecule has 0 saturated carbocycles. The number of rotatable bonds is 7. The van der Waals surface area contributed by atoms with Crippen molar-refractivity contribution in [3.63, 3.8) is 0 Å². The molecule has 1 aliphatic heterocycles. The molecule has 0 aromatic heterocycles. The van der Waals surface area contributed by atoms with Gasteiger partial charge in [0.25, 0.3) is 0 Å². The molecule has 0 bridgehead atoms.